The Morgan fingerprint density at radius 1 is 0.889 bits per heavy atom. The van der Waals surface area contributed by atoms with Gasteiger partial charge in [-0.25, -0.2) is 0 Å². The summed E-state index contributed by atoms with van der Waals surface area (Å²) in [6.07, 6.45) is 3.26. The molecule has 1 aromatic heterocycles. The van der Waals surface area contributed by atoms with Crippen LogP contribution in [0.5, 0.6) is 23.0 Å². The van der Waals surface area contributed by atoms with Crippen molar-refractivity contribution in [3.05, 3.63) is 101 Å². The van der Waals surface area contributed by atoms with Crippen LogP contribution in [0.15, 0.2) is 73.1 Å². The highest BCUT2D eigenvalue weighted by molar-refractivity contribution is 5.61. The minimum atomic E-state index is -1.67. The van der Waals surface area contributed by atoms with E-state index in [2.05, 4.69) is 24.0 Å². The van der Waals surface area contributed by atoms with Gasteiger partial charge >= 0.3 is 0 Å². The Bertz CT molecular complexity index is 1290. The van der Waals surface area contributed by atoms with Crippen molar-refractivity contribution >= 4 is 0 Å². The molecule has 0 amide bonds. The molecule has 0 spiro atoms. The molecular weight excluding hydrogens is 456 g/mol. The Hall–Kier alpha value is -3.97. The van der Waals surface area contributed by atoms with Gasteiger partial charge in [0.05, 0.1) is 27.5 Å². The lowest BCUT2D eigenvalue weighted by molar-refractivity contribution is 0.117. The van der Waals surface area contributed by atoms with Gasteiger partial charge in [-0.05, 0) is 41.3 Å². The minimum absolute atomic E-state index is 0.167. The van der Waals surface area contributed by atoms with Gasteiger partial charge in [0, 0.05) is 29.0 Å². The van der Waals surface area contributed by atoms with Gasteiger partial charge in [0.2, 0.25) is 0 Å². The number of aromatic nitrogens is 2. The fourth-order valence-corrected chi connectivity index (χ4v) is 4.28. The van der Waals surface area contributed by atoms with Crippen molar-refractivity contribution in [1.29, 1.82) is 0 Å². The Balaban J connectivity index is 1.96. The third kappa shape index (κ3) is 4.75. The molecule has 4 rings (SSSR count). The van der Waals surface area contributed by atoms with Crippen LogP contribution in [-0.2, 0) is 12.2 Å². The Morgan fingerprint density at radius 3 is 2.28 bits per heavy atom. The van der Waals surface area contributed by atoms with Crippen LogP contribution in [0.25, 0.3) is 0 Å². The summed E-state index contributed by atoms with van der Waals surface area (Å²) in [4.78, 5) is 0. The second-order valence-corrected chi connectivity index (χ2v) is 8.79. The predicted molar refractivity (Wildman–Crippen MR) is 138 cm³/mol. The van der Waals surface area contributed by atoms with Crippen molar-refractivity contribution in [2.45, 2.75) is 32.0 Å². The summed E-state index contributed by atoms with van der Waals surface area (Å²) in [6, 6.07) is 19.2. The molecule has 1 unspecified atom stereocenters. The van der Waals surface area contributed by atoms with Gasteiger partial charge < -0.3 is 24.1 Å². The largest absolute Gasteiger partial charge is 0.497 e. The van der Waals surface area contributed by atoms with E-state index in [1.807, 2.05) is 42.5 Å². The fraction of sp³-hybridized carbons (Fsp3) is 0.276. The van der Waals surface area contributed by atoms with Crippen LogP contribution in [-0.4, -0.2) is 36.6 Å². The molecule has 0 saturated carbocycles. The summed E-state index contributed by atoms with van der Waals surface area (Å²) in [5.74, 6) is 2.20. The van der Waals surface area contributed by atoms with Gasteiger partial charge in [0.25, 0.3) is 0 Å². The first-order valence-electron chi connectivity index (χ1n) is 11.8. The summed E-state index contributed by atoms with van der Waals surface area (Å²) in [5, 5.41) is 19.5. The number of aromatic amines is 1. The normalized spacial score (nSPS) is 12.8. The number of methoxy groups -OCH3 is 3. The number of hydrogen-bond acceptors (Lipinski definition) is 6. The standard InChI is InChI=1S/C29H32N2O5/c1-19(2)21-13-25(28(35-5)27(14-21)36-18-20-9-7-6-8-10-20)29(32,22-16-30-31-17-22)24-12-11-23(33-3)15-26(24)34-4/h6-17,19,32H,18H2,1-5H3,(H,30,31). The molecular formula is C29H32N2O5. The fourth-order valence-electron chi connectivity index (χ4n) is 4.28. The Morgan fingerprint density at radius 2 is 1.67 bits per heavy atom. The van der Waals surface area contributed by atoms with Gasteiger partial charge in [0.1, 0.15) is 18.1 Å². The summed E-state index contributed by atoms with van der Waals surface area (Å²) < 4.78 is 23.3. The molecule has 0 fully saturated rings. The second kappa shape index (κ2) is 10.7. The highest BCUT2D eigenvalue weighted by Gasteiger charge is 2.41. The SMILES string of the molecule is COc1ccc(C(O)(c2cn[nH]c2)c2cc(C(C)C)cc(OCc3ccccc3)c2OC)c(OC)c1. The maximum absolute atomic E-state index is 12.6. The lowest BCUT2D eigenvalue weighted by Gasteiger charge is -2.32. The van der Waals surface area contributed by atoms with Gasteiger partial charge in [-0.3, -0.25) is 5.10 Å². The molecule has 7 nitrogen and oxygen atoms in total. The van der Waals surface area contributed by atoms with E-state index >= 15 is 0 Å². The van der Waals surface area contributed by atoms with E-state index in [4.69, 9.17) is 18.9 Å². The maximum Gasteiger partial charge on any atom is 0.167 e. The van der Waals surface area contributed by atoms with E-state index in [-0.39, 0.29) is 5.92 Å². The monoisotopic (exact) mass is 488 g/mol. The molecule has 2 N–H and O–H groups in total. The van der Waals surface area contributed by atoms with E-state index in [0.29, 0.717) is 46.3 Å². The van der Waals surface area contributed by atoms with Crippen LogP contribution >= 0.6 is 0 Å². The molecule has 0 saturated heterocycles. The highest BCUT2D eigenvalue weighted by atomic mass is 16.5. The third-order valence-electron chi connectivity index (χ3n) is 6.29. The molecule has 0 aliphatic heterocycles. The lowest BCUT2D eigenvalue weighted by Crippen LogP contribution is -2.30. The highest BCUT2D eigenvalue weighted by Crippen LogP contribution is 2.49. The van der Waals surface area contributed by atoms with Crippen LogP contribution < -0.4 is 18.9 Å². The quantitative estimate of drug-likeness (QED) is 0.310. The van der Waals surface area contributed by atoms with Crippen LogP contribution in [0.1, 0.15) is 47.6 Å². The summed E-state index contributed by atoms with van der Waals surface area (Å²) in [5.41, 5.74) is 1.90. The Labute approximate surface area is 211 Å². The lowest BCUT2D eigenvalue weighted by atomic mass is 9.79. The topological polar surface area (TPSA) is 85.8 Å². The Kier molecular flexibility index (Phi) is 7.50. The molecule has 3 aromatic carbocycles. The molecule has 0 aliphatic rings. The first kappa shape index (κ1) is 25.1. The molecule has 188 valence electrons. The zero-order chi connectivity index (χ0) is 25.7. The van der Waals surface area contributed by atoms with E-state index in [9.17, 15) is 5.11 Å². The molecule has 1 atom stereocenters. The number of benzene rings is 3. The molecule has 0 radical (unpaired) electrons. The first-order chi connectivity index (χ1) is 17.4. The van der Waals surface area contributed by atoms with E-state index < -0.39 is 5.60 Å². The molecule has 7 heteroatoms. The van der Waals surface area contributed by atoms with Gasteiger partial charge in [0.15, 0.2) is 17.1 Å². The number of hydrogen-bond donors (Lipinski definition) is 2. The van der Waals surface area contributed by atoms with Crippen molar-refractivity contribution in [2.24, 2.45) is 0 Å². The number of nitrogens with one attached hydrogen (secondary N) is 1. The number of aliphatic hydroxyl groups is 1. The zero-order valence-electron chi connectivity index (χ0n) is 21.2. The first-order valence-corrected chi connectivity index (χ1v) is 11.8. The van der Waals surface area contributed by atoms with E-state index in [1.165, 1.54) is 0 Å². The number of nitrogens with zero attached hydrogens (tertiary/aromatic N) is 1. The average molecular weight is 489 g/mol. The van der Waals surface area contributed by atoms with Gasteiger partial charge in [-0.1, -0.05) is 44.2 Å². The van der Waals surface area contributed by atoms with Crippen LogP contribution in [0.3, 0.4) is 0 Å². The van der Waals surface area contributed by atoms with Gasteiger partial charge in [-0.15, -0.1) is 0 Å². The summed E-state index contributed by atoms with van der Waals surface area (Å²) in [7, 11) is 4.72. The predicted octanol–water partition coefficient (Wildman–Crippen LogP) is 5.42. The van der Waals surface area contributed by atoms with E-state index in [0.717, 1.165) is 11.1 Å². The van der Waals surface area contributed by atoms with Crippen LogP contribution in [0.2, 0.25) is 0 Å². The molecule has 1 heterocycles. The van der Waals surface area contributed by atoms with Crippen molar-refractivity contribution in [1.82, 2.24) is 10.2 Å². The molecule has 0 bridgehead atoms. The van der Waals surface area contributed by atoms with Crippen molar-refractivity contribution in [3.8, 4) is 23.0 Å². The smallest absolute Gasteiger partial charge is 0.167 e. The van der Waals surface area contributed by atoms with Crippen LogP contribution in [0, 0.1) is 0 Å². The molecule has 4 aromatic rings. The minimum Gasteiger partial charge on any atom is -0.497 e. The molecule has 36 heavy (non-hydrogen) atoms. The summed E-state index contributed by atoms with van der Waals surface area (Å²) >= 11 is 0. The van der Waals surface area contributed by atoms with Crippen molar-refractivity contribution in [3.63, 3.8) is 0 Å². The number of H-pyrrole nitrogens is 1. The average Bonchev–Trinajstić information content (AvgIpc) is 3.46. The van der Waals surface area contributed by atoms with Crippen molar-refractivity contribution < 1.29 is 24.1 Å². The molecule has 0 aliphatic carbocycles. The summed E-state index contributed by atoms with van der Waals surface area (Å²) in [6.45, 7) is 4.54. The second-order valence-electron chi connectivity index (χ2n) is 8.79. The zero-order valence-corrected chi connectivity index (χ0v) is 21.2. The van der Waals surface area contributed by atoms with Crippen LogP contribution in [0.4, 0.5) is 0 Å². The maximum atomic E-state index is 12.6. The van der Waals surface area contributed by atoms with E-state index in [1.54, 1.807) is 51.9 Å². The van der Waals surface area contributed by atoms with Crippen molar-refractivity contribution in [2.75, 3.05) is 21.3 Å². The number of rotatable bonds is 10. The number of ether oxygens (including phenoxy) is 4. The van der Waals surface area contributed by atoms with Gasteiger partial charge in [-0.2, -0.15) is 5.10 Å². The third-order valence-corrected chi connectivity index (χ3v) is 6.29.